The molecule has 0 heterocycles. The van der Waals surface area contributed by atoms with Crippen molar-refractivity contribution >= 4 is 0 Å². The van der Waals surface area contributed by atoms with Gasteiger partial charge in [0.15, 0.2) is 11.5 Å². The van der Waals surface area contributed by atoms with Gasteiger partial charge in [0.2, 0.25) is 5.75 Å². The molecule has 4 nitrogen and oxygen atoms in total. The summed E-state index contributed by atoms with van der Waals surface area (Å²) in [4.78, 5) is 0. The van der Waals surface area contributed by atoms with Gasteiger partial charge in [-0.2, -0.15) is 8.78 Å². The third-order valence-electron chi connectivity index (χ3n) is 2.11. The van der Waals surface area contributed by atoms with Crippen LogP contribution in [0.15, 0.2) is 12.1 Å². The van der Waals surface area contributed by atoms with Crippen molar-refractivity contribution in [2.45, 2.75) is 13.2 Å². The summed E-state index contributed by atoms with van der Waals surface area (Å²) in [7, 11) is 4.55. The Balaban J connectivity index is 3.16. The average molecular weight is 247 g/mol. The summed E-state index contributed by atoms with van der Waals surface area (Å²) in [6.07, 6.45) is 0. The number of ether oxygens (including phenoxy) is 3. The average Bonchev–Trinajstić information content (AvgIpc) is 2.30. The highest BCUT2D eigenvalue weighted by Crippen LogP contribution is 2.39. The summed E-state index contributed by atoms with van der Waals surface area (Å²) in [5, 5.41) is 2.95. The molecule has 0 saturated heterocycles. The van der Waals surface area contributed by atoms with Crippen molar-refractivity contribution in [3.05, 3.63) is 17.7 Å². The van der Waals surface area contributed by atoms with Gasteiger partial charge in [-0.3, -0.25) is 0 Å². The quantitative estimate of drug-likeness (QED) is 0.834. The highest BCUT2D eigenvalue weighted by atomic mass is 19.3. The van der Waals surface area contributed by atoms with Crippen molar-refractivity contribution in [1.29, 1.82) is 0 Å². The fraction of sp³-hybridized carbons (Fsp3) is 0.455. The van der Waals surface area contributed by atoms with Crippen molar-refractivity contribution in [3.63, 3.8) is 0 Å². The predicted octanol–water partition coefficient (Wildman–Crippen LogP) is 2.02. The zero-order valence-corrected chi connectivity index (χ0v) is 9.92. The van der Waals surface area contributed by atoms with E-state index in [9.17, 15) is 8.78 Å². The second kappa shape index (κ2) is 6.24. The topological polar surface area (TPSA) is 39.7 Å². The minimum Gasteiger partial charge on any atom is -0.493 e. The van der Waals surface area contributed by atoms with E-state index in [1.165, 1.54) is 14.2 Å². The molecule has 0 radical (unpaired) electrons. The smallest absolute Gasteiger partial charge is 0.387 e. The van der Waals surface area contributed by atoms with Gasteiger partial charge >= 0.3 is 6.61 Å². The van der Waals surface area contributed by atoms with Crippen LogP contribution in [-0.4, -0.2) is 27.9 Å². The van der Waals surface area contributed by atoms with Crippen LogP contribution in [-0.2, 0) is 6.54 Å². The van der Waals surface area contributed by atoms with E-state index in [4.69, 9.17) is 9.47 Å². The Morgan fingerprint density at radius 1 is 1.18 bits per heavy atom. The Bertz CT molecular complexity index is 347. The Labute approximate surface area is 98.5 Å². The van der Waals surface area contributed by atoms with Crippen LogP contribution in [0, 0.1) is 0 Å². The molecule has 0 atom stereocenters. The monoisotopic (exact) mass is 247 g/mol. The van der Waals surface area contributed by atoms with Crippen LogP contribution in [0.25, 0.3) is 0 Å². The SMILES string of the molecule is CNCc1cc(OC)c(OC(F)F)c(OC)c1. The summed E-state index contributed by atoms with van der Waals surface area (Å²) in [6, 6.07) is 3.24. The first-order chi connectivity index (χ1) is 8.12. The van der Waals surface area contributed by atoms with Crippen LogP contribution < -0.4 is 19.5 Å². The molecule has 0 amide bonds. The molecule has 0 unspecified atom stereocenters. The molecule has 1 aromatic rings. The molecule has 0 spiro atoms. The standard InChI is InChI=1S/C11H15F2NO3/c1-14-6-7-4-8(15-2)10(17-11(12)13)9(5-7)16-3/h4-5,11,14H,6H2,1-3H3. The molecule has 1 N–H and O–H groups in total. The van der Waals surface area contributed by atoms with Gasteiger partial charge in [-0.15, -0.1) is 0 Å². The summed E-state index contributed by atoms with van der Waals surface area (Å²) < 4.78 is 38.9. The molecule has 0 aliphatic heterocycles. The second-order valence-corrected chi connectivity index (χ2v) is 3.24. The molecule has 0 aromatic heterocycles. The minimum absolute atomic E-state index is 0.0927. The number of methoxy groups -OCH3 is 2. The maximum absolute atomic E-state index is 12.3. The first kappa shape index (κ1) is 13.5. The highest BCUT2D eigenvalue weighted by molar-refractivity contribution is 5.53. The van der Waals surface area contributed by atoms with E-state index in [1.54, 1.807) is 19.2 Å². The van der Waals surface area contributed by atoms with Gasteiger partial charge in [0.1, 0.15) is 0 Å². The van der Waals surface area contributed by atoms with Crippen LogP contribution in [0.3, 0.4) is 0 Å². The molecule has 0 aliphatic carbocycles. The second-order valence-electron chi connectivity index (χ2n) is 3.24. The fourth-order valence-corrected chi connectivity index (χ4v) is 1.45. The molecule has 0 saturated carbocycles. The van der Waals surface area contributed by atoms with Crippen molar-refractivity contribution < 1.29 is 23.0 Å². The van der Waals surface area contributed by atoms with E-state index in [0.29, 0.717) is 6.54 Å². The largest absolute Gasteiger partial charge is 0.493 e. The molecule has 17 heavy (non-hydrogen) atoms. The molecular formula is C11H15F2NO3. The maximum Gasteiger partial charge on any atom is 0.387 e. The summed E-state index contributed by atoms with van der Waals surface area (Å²) in [5.74, 6) is 0.342. The van der Waals surface area contributed by atoms with Gasteiger partial charge in [-0.25, -0.2) is 0 Å². The first-order valence-electron chi connectivity index (χ1n) is 4.96. The first-order valence-corrected chi connectivity index (χ1v) is 4.96. The van der Waals surface area contributed by atoms with Crippen molar-refractivity contribution in [2.75, 3.05) is 21.3 Å². The summed E-state index contributed by atoms with van der Waals surface area (Å²) in [6.45, 7) is -2.35. The van der Waals surface area contributed by atoms with E-state index in [1.807, 2.05) is 0 Å². The van der Waals surface area contributed by atoms with E-state index in [0.717, 1.165) is 5.56 Å². The third kappa shape index (κ3) is 3.45. The number of benzene rings is 1. The molecule has 1 aromatic carbocycles. The van der Waals surface area contributed by atoms with Crippen molar-refractivity contribution in [3.8, 4) is 17.2 Å². The Morgan fingerprint density at radius 2 is 1.71 bits per heavy atom. The third-order valence-corrected chi connectivity index (χ3v) is 2.11. The molecule has 0 fully saturated rings. The minimum atomic E-state index is -2.92. The predicted molar refractivity (Wildman–Crippen MR) is 58.9 cm³/mol. The Kier molecular flexibility index (Phi) is 4.96. The van der Waals surface area contributed by atoms with Gasteiger partial charge in [-0.05, 0) is 24.7 Å². The fourth-order valence-electron chi connectivity index (χ4n) is 1.45. The van der Waals surface area contributed by atoms with Gasteiger partial charge in [-0.1, -0.05) is 0 Å². The lowest BCUT2D eigenvalue weighted by Crippen LogP contribution is -2.08. The molecule has 96 valence electrons. The van der Waals surface area contributed by atoms with Gasteiger partial charge < -0.3 is 19.5 Å². The van der Waals surface area contributed by atoms with Gasteiger partial charge in [0, 0.05) is 6.54 Å². The number of halogens is 2. The van der Waals surface area contributed by atoms with Crippen LogP contribution in [0.5, 0.6) is 17.2 Å². The van der Waals surface area contributed by atoms with E-state index < -0.39 is 6.61 Å². The van der Waals surface area contributed by atoms with Crippen LogP contribution in [0.4, 0.5) is 8.78 Å². The highest BCUT2D eigenvalue weighted by Gasteiger charge is 2.17. The van der Waals surface area contributed by atoms with Crippen LogP contribution >= 0.6 is 0 Å². The number of nitrogens with one attached hydrogen (secondary N) is 1. The van der Waals surface area contributed by atoms with Crippen molar-refractivity contribution in [2.24, 2.45) is 0 Å². The molecule has 0 aliphatic rings. The zero-order valence-electron chi connectivity index (χ0n) is 9.92. The number of alkyl halides is 2. The number of rotatable bonds is 6. The van der Waals surface area contributed by atoms with E-state index in [-0.39, 0.29) is 17.2 Å². The van der Waals surface area contributed by atoms with Crippen LogP contribution in [0.2, 0.25) is 0 Å². The number of hydrogen-bond donors (Lipinski definition) is 1. The number of hydrogen-bond acceptors (Lipinski definition) is 4. The molecule has 1 rings (SSSR count). The lowest BCUT2D eigenvalue weighted by molar-refractivity contribution is -0.0526. The molecular weight excluding hydrogens is 232 g/mol. The Morgan fingerprint density at radius 3 is 2.06 bits per heavy atom. The van der Waals surface area contributed by atoms with Crippen LogP contribution in [0.1, 0.15) is 5.56 Å². The summed E-state index contributed by atoms with van der Waals surface area (Å²) in [5.41, 5.74) is 0.850. The summed E-state index contributed by atoms with van der Waals surface area (Å²) >= 11 is 0. The molecule has 0 bridgehead atoms. The molecule has 6 heteroatoms. The van der Waals surface area contributed by atoms with Gasteiger partial charge in [0.25, 0.3) is 0 Å². The van der Waals surface area contributed by atoms with E-state index >= 15 is 0 Å². The normalized spacial score (nSPS) is 10.5. The lowest BCUT2D eigenvalue weighted by Gasteiger charge is -2.15. The van der Waals surface area contributed by atoms with Crippen molar-refractivity contribution in [1.82, 2.24) is 5.32 Å². The maximum atomic E-state index is 12.3. The zero-order chi connectivity index (χ0) is 12.8. The lowest BCUT2D eigenvalue weighted by atomic mass is 10.2. The van der Waals surface area contributed by atoms with Gasteiger partial charge in [0.05, 0.1) is 14.2 Å². The van der Waals surface area contributed by atoms with E-state index in [2.05, 4.69) is 10.1 Å². The Hall–Kier alpha value is -1.56.